The van der Waals surface area contributed by atoms with Crippen LogP contribution in [-0.2, 0) is 11.2 Å². The molecule has 2 unspecified atom stereocenters. The Morgan fingerprint density at radius 1 is 1.29 bits per heavy atom. The second kappa shape index (κ2) is 8.35. The molecule has 0 aromatic heterocycles. The van der Waals surface area contributed by atoms with E-state index in [1.165, 1.54) is 32.1 Å². The standard InChI is InChI=1S/C16H24Cl2N2O/c1-21-16(11-5-3-2-4-6-11)15(20-19)10-12-9-13(17)7-8-14(12)18/h7-9,11,15-16,20H,2-6,10,19H2,1H3. The molecule has 0 heterocycles. The zero-order valence-corrected chi connectivity index (χ0v) is 14.0. The normalized spacial score (nSPS) is 19.4. The summed E-state index contributed by atoms with van der Waals surface area (Å²) in [6, 6.07) is 5.57. The molecule has 0 saturated heterocycles. The molecular formula is C16H24Cl2N2O. The average Bonchev–Trinajstić information content (AvgIpc) is 2.51. The van der Waals surface area contributed by atoms with Gasteiger partial charge in [-0.2, -0.15) is 0 Å². The van der Waals surface area contributed by atoms with Gasteiger partial charge in [-0.25, -0.2) is 0 Å². The number of hydrogen-bond donors (Lipinski definition) is 2. The molecule has 0 amide bonds. The van der Waals surface area contributed by atoms with Crippen molar-refractivity contribution in [1.82, 2.24) is 5.43 Å². The Hall–Kier alpha value is -0.320. The van der Waals surface area contributed by atoms with Crippen molar-refractivity contribution in [3.8, 4) is 0 Å². The second-order valence-electron chi connectivity index (χ2n) is 5.81. The number of methoxy groups -OCH3 is 1. The molecule has 0 radical (unpaired) electrons. The Morgan fingerprint density at radius 2 is 2.00 bits per heavy atom. The summed E-state index contributed by atoms with van der Waals surface area (Å²) in [7, 11) is 1.77. The zero-order valence-electron chi connectivity index (χ0n) is 12.4. The molecule has 3 N–H and O–H groups in total. The first-order chi connectivity index (χ1) is 10.2. The van der Waals surface area contributed by atoms with E-state index in [1.807, 2.05) is 12.1 Å². The maximum atomic E-state index is 6.26. The Labute approximate surface area is 137 Å². The lowest BCUT2D eigenvalue weighted by Gasteiger charge is -2.34. The number of rotatable bonds is 6. The topological polar surface area (TPSA) is 47.3 Å². The van der Waals surface area contributed by atoms with E-state index in [4.69, 9.17) is 33.8 Å². The molecule has 0 bridgehead atoms. The molecule has 21 heavy (non-hydrogen) atoms. The number of ether oxygens (including phenoxy) is 1. The molecule has 1 saturated carbocycles. The van der Waals surface area contributed by atoms with Gasteiger partial charge in [0.2, 0.25) is 0 Å². The molecule has 1 aliphatic rings. The lowest BCUT2D eigenvalue weighted by atomic mass is 9.81. The minimum Gasteiger partial charge on any atom is -0.379 e. The van der Waals surface area contributed by atoms with Crippen molar-refractivity contribution in [3.05, 3.63) is 33.8 Å². The summed E-state index contributed by atoms with van der Waals surface area (Å²) in [5.74, 6) is 6.34. The Kier molecular flexibility index (Phi) is 6.77. The maximum Gasteiger partial charge on any atom is 0.0769 e. The van der Waals surface area contributed by atoms with Crippen LogP contribution in [-0.4, -0.2) is 19.3 Å². The third-order valence-corrected chi connectivity index (χ3v) is 5.05. The van der Waals surface area contributed by atoms with E-state index < -0.39 is 0 Å². The van der Waals surface area contributed by atoms with Crippen LogP contribution < -0.4 is 11.3 Å². The van der Waals surface area contributed by atoms with Crippen molar-refractivity contribution < 1.29 is 4.74 Å². The third kappa shape index (κ3) is 4.57. The van der Waals surface area contributed by atoms with Gasteiger partial charge in [0.05, 0.1) is 12.1 Å². The molecule has 118 valence electrons. The van der Waals surface area contributed by atoms with Gasteiger partial charge in [-0.1, -0.05) is 42.5 Å². The molecule has 2 rings (SSSR count). The van der Waals surface area contributed by atoms with Gasteiger partial charge in [0.25, 0.3) is 0 Å². The van der Waals surface area contributed by atoms with E-state index in [-0.39, 0.29) is 12.1 Å². The highest BCUT2D eigenvalue weighted by molar-refractivity contribution is 6.33. The van der Waals surface area contributed by atoms with Crippen LogP contribution in [0.5, 0.6) is 0 Å². The van der Waals surface area contributed by atoms with Crippen LogP contribution in [0.4, 0.5) is 0 Å². The number of halogens is 2. The molecule has 5 heteroatoms. The molecule has 1 aromatic carbocycles. The van der Waals surface area contributed by atoms with E-state index in [0.717, 1.165) is 10.6 Å². The van der Waals surface area contributed by atoms with Gasteiger partial charge in [0, 0.05) is 17.2 Å². The molecule has 3 nitrogen and oxygen atoms in total. The summed E-state index contributed by atoms with van der Waals surface area (Å²) in [6.45, 7) is 0. The molecule has 0 aliphatic heterocycles. The molecular weight excluding hydrogens is 307 g/mol. The zero-order chi connectivity index (χ0) is 15.2. The summed E-state index contributed by atoms with van der Waals surface area (Å²) in [5.41, 5.74) is 3.92. The minimum atomic E-state index is 0.0362. The van der Waals surface area contributed by atoms with Gasteiger partial charge in [0.15, 0.2) is 0 Å². The number of hydrogen-bond acceptors (Lipinski definition) is 3. The van der Waals surface area contributed by atoms with Crippen molar-refractivity contribution in [1.29, 1.82) is 0 Å². The number of benzene rings is 1. The summed E-state index contributed by atoms with van der Waals surface area (Å²) >= 11 is 12.3. The fraction of sp³-hybridized carbons (Fsp3) is 0.625. The first-order valence-corrected chi connectivity index (χ1v) is 8.34. The van der Waals surface area contributed by atoms with E-state index in [2.05, 4.69) is 5.43 Å². The fourth-order valence-electron chi connectivity index (χ4n) is 3.35. The highest BCUT2D eigenvalue weighted by Gasteiger charge is 2.30. The van der Waals surface area contributed by atoms with Crippen LogP contribution in [0.2, 0.25) is 10.0 Å². The van der Waals surface area contributed by atoms with Gasteiger partial charge in [-0.15, -0.1) is 0 Å². The van der Waals surface area contributed by atoms with E-state index in [9.17, 15) is 0 Å². The molecule has 2 atom stereocenters. The lowest BCUT2D eigenvalue weighted by Crippen LogP contribution is -2.49. The molecule has 1 aliphatic carbocycles. The molecule has 1 fully saturated rings. The maximum absolute atomic E-state index is 6.26. The number of nitrogens with two attached hydrogens (primary N) is 1. The highest BCUT2D eigenvalue weighted by atomic mass is 35.5. The van der Waals surface area contributed by atoms with Crippen LogP contribution >= 0.6 is 23.2 Å². The van der Waals surface area contributed by atoms with Crippen molar-refractivity contribution in [3.63, 3.8) is 0 Å². The van der Waals surface area contributed by atoms with Crippen molar-refractivity contribution in [2.75, 3.05) is 7.11 Å². The van der Waals surface area contributed by atoms with Crippen molar-refractivity contribution >= 4 is 23.2 Å². The van der Waals surface area contributed by atoms with Crippen LogP contribution in [0, 0.1) is 5.92 Å². The van der Waals surface area contributed by atoms with Crippen LogP contribution in [0.3, 0.4) is 0 Å². The highest BCUT2D eigenvalue weighted by Crippen LogP contribution is 2.31. The first-order valence-electron chi connectivity index (χ1n) is 7.58. The number of nitrogens with one attached hydrogen (secondary N) is 1. The van der Waals surface area contributed by atoms with E-state index in [1.54, 1.807) is 13.2 Å². The molecule has 1 aromatic rings. The van der Waals surface area contributed by atoms with Crippen LogP contribution in [0.25, 0.3) is 0 Å². The van der Waals surface area contributed by atoms with E-state index >= 15 is 0 Å². The first kappa shape index (κ1) is 17.0. The van der Waals surface area contributed by atoms with Gasteiger partial charge in [-0.05, 0) is 48.9 Å². The minimum absolute atomic E-state index is 0.0362. The Bertz CT molecular complexity index is 450. The smallest absolute Gasteiger partial charge is 0.0769 e. The fourth-order valence-corrected chi connectivity index (χ4v) is 3.74. The number of hydrazine groups is 1. The quantitative estimate of drug-likeness (QED) is 0.613. The summed E-state index contributed by atoms with van der Waals surface area (Å²) in [5, 5.41) is 1.41. The Balaban J connectivity index is 2.11. The predicted molar refractivity (Wildman–Crippen MR) is 88.6 cm³/mol. The third-order valence-electron chi connectivity index (χ3n) is 4.44. The van der Waals surface area contributed by atoms with Crippen molar-refractivity contribution in [2.24, 2.45) is 11.8 Å². The largest absolute Gasteiger partial charge is 0.379 e. The van der Waals surface area contributed by atoms with Crippen LogP contribution in [0.15, 0.2) is 18.2 Å². The van der Waals surface area contributed by atoms with Gasteiger partial charge in [-0.3, -0.25) is 11.3 Å². The average molecular weight is 331 g/mol. The molecule has 0 spiro atoms. The summed E-state index contributed by atoms with van der Waals surface area (Å²) in [4.78, 5) is 0. The SMILES string of the molecule is COC(C1CCCCC1)C(Cc1cc(Cl)ccc1Cl)NN. The van der Waals surface area contributed by atoms with Crippen molar-refractivity contribution in [2.45, 2.75) is 50.7 Å². The summed E-state index contributed by atoms with van der Waals surface area (Å²) in [6.07, 6.45) is 7.11. The Morgan fingerprint density at radius 3 is 2.62 bits per heavy atom. The van der Waals surface area contributed by atoms with E-state index in [0.29, 0.717) is 17.4 Å². The van der Waals surface area contributed by atoms with Gasteiger partial charge < -0.3 is 4.74 Å². The van der Waals surface area contributed by atoms with Gasteiger partial charge >= 0.3 is 0 Å². The lowest BCUT2D eigenvalue weighted by molar-refractivity contribution is 0.00828. The van der Waals surface area contributed by atoms with Gasteiger partial charge in [0.1, 0.15) is 0 Å². The monoisotopic (exact) mass is 330 g/mol. The van der Waals surface area contributed by atoms with Crippen LogP contribution in [0.1, 0.15) is 37.7 Å². The summed E-state index contributed by atoms with van der Waals surface area (Å²) < 4.78 is 5.77. The predicted octanol–water partition coefficient (Wildman–Crippen LogP) is 3.96. The second-order valence-corrected chi connectivity index (χ2v) is 6.66.